The van der Waals surface area contributed by atoms with Crippen molar-refractivity contribution in [1.29, 1.82) is 0 Å². The lowest BCUT2D eigenvalue weighted by Crippen LogP contribution is -2.27. The first-order chi connectivity index (χ1) is 25.2. The highest BCUT2D eigenvalue weighted by molar-refractivity contribution is 5.69. The summed E-state index contributed by atoms with van der Waals surface area (Å²) in [7, 11) is 0. The fourth-order valence-corrected chi connectivity index (χ4v) is 5.37. The van der Waals surface area contributed by atoms with Gasteiger partial charge in [-0.25, -0.2) is 0 Å². The van der Waals surface area contributed by atoms with Gasteiger partial charge in [-0.15, -0.1) is 0 Å². The molecule has 4 heteroatoms. The van der Waals surface area contributed by atoms with Gasteiger partial charge >= 0.3 is 5.97 Å². The molecule has 0 aromatic carbocycles. The largest absolute Gasteiger partial charge is 0.457 e. The molecule has 0 aromatic rings. The van der Waals surface area contributed by atoms with E-state index in [1.165, 1.54) is 57.8 Å². The number of carbonyl (C=O) groups excluding carboxylic acids is 1. The average Bonchev–Trinajstić information content (AvgIpc) is 3.14. The van der Waals surface area contributed by atoms with Crippen molar-refractivity contribution in [1.82, 2.24) is 0 Å². The van der Waals surface area contributed by atoms with Crippen molar-refractivity contribution in [2.24, 2.45) is 0 Å². The molecule has 1 atom stereocenters. The summed E-state index contributed by atoms with van der Waals surface area (Å²) >= 11 is 0. The van der Waals surface area contributed by atoms with E-state index in [0.717, 1.165) is 89.9 Å². The molecule has 0 aliphatic rings. The van der Waals surface area contributed by atoms with Gasteiger partial charge < -0.3 is 14.6 Å². The third-order valence-corrected chi connectivity index (χ3v) is 8.40. The standard InChI is InChI=1S/C47H78O4/c1-3-5-7-9-11-13-15-17-19-21-22-23-24-25-26-27-28-30-32-34-36-38-40-42-47(49)51-46(44-48)45-50-43-41-39-37-35-33-31-29-20-18-16-14-12-10-8-6-4-2/h5-8,11-14,17-20,22-23,31,33,46,48H,3-4,9-10,15-16,21,24-30,32,34-45H2,1-2H3/b7-5-,8-6-,13-11-,14-12-,19-17-,20-18-,23-22-,33-31-. The van der Waals surface area contributed by atoms with E-state index in [1.54, 1.807) is 0 Å². The number of carbonyl (C=O) groups is 1. The summed E-state index contributed by atoms with van der Waals surface area (Å²) in [6.07, 6.45) is 61.8. The van der Waals surface area contributed by atoms with Gasteiger partial charge in [-0.1, -0.05) is 169 Å². The van der Waals surface area contributed by atoms with Crippen LogP contribution >= 0.6 is 0 Å². The predicted octanol–water partition coefficient (Wildman–Crippen LogP) is 13.8. The molecule has 1 unspecified atom stereocenters. The summed E-state index contributed by atoms with van der Waals surface area (Å²) < 4.78 is 11.1. The molecular weight excluding hydrogens is 629 g/mol. The van der Waals surface area contributed by atoms with Crippen molar-refractivity contribution in [2.45, 2.75) is 174 Å². The Hall–Kier alpha value is -2.69. The lowest BCUT2D eigenvalue weighted by Gasteiger charge is -2.15. The SMILES string of the molecule is CC/C=C\C/C=C\C/C=C\C/C=C\CCCCCCCCCCCCC(=O)OC(CO)COCCCCC/C=C\C/C=C\C/C=C\C/C=C\CC. The highest BCUT2D eigenvalue weighted by atomic mass is 16.6. The smallest absolute Gasteiger partial charge is 0.306 e. The molecule has 0 aliphatic carbocycles. The van der Waals surface area contributed by atoms with Gasteiger partial charge in [0.25, 0.3) is 0 Å². The molecule has 0 aromatic heterocycles. The molecule has 1 N–H and O–H groups in total. The minimum absolute atomic E-state index is 0.192. The van der Waals surface area contributed by atoms with E-state index in [1.807, 2.05) is 0 Å². The minimum Gasteiger partial charge on any atom is -0.457 e. The number of rotatable bonds is 37. The summed E-state index contributed by atoms with van der Waals surface area (Å²) in [4.78, 5) is 12.2. The van der Waals surface area contributed by atoms with Gasteiger partial charge in [0.15, 0.2) is 0 Å². The second-order valence-corrected chi connectivity index (χ2v) is 13.3. The van der Waals surface area contributed by atoms with E-state index in [-0.39, 0.29) is 19.2 Å². The summed E-state index contributed by atoms with van der Waals surface area (Å²) in [5.41, 5.74) is 0. The van der Waals surface area contributed by atoms with Crippen LogP contribution < -0.4 is 0 Å². The summed E-state index contributed by atoms with van der Waals surface area (Å²) in [6.45, 7) is 5.03. The molecule has 0 heterocycles. The molecule has 0 saturated heterocycles. The zero-order chi connectivity index (χ0) is 37.0. The van der Waals surface area contributed by atoms with Gasteiger partial charge in [0, 0.05) is 13.0 Å². The third-order valence-electron chi connectivity index (χ3n) is 8.40. The van der Waals surface area contributed by atoms with Gasteiger partial charge in [0.05, 0.1) is 13.2 Å². The molecule has 0 bridgehead atoms. The average molecular weight is 707 g/mol. The van der Waals surface area contributed by atoms with Gasteiger partial charge in [-0.05, 0) is 89.9 Å². The molecule has 0 radical (unpaired) electrons. The lowest BCUT2D eigenvalue weighted by atomic mass is 10.0. The van der Waals surface area contributed by atoms with Crippen LogP contribution in [0.4, 0.5) is 0 Å². The number of hydrogen-bond donors (Lipinski definition) is 1. The van der Waals surface area contributed by atoms with Crippen LogP contribution in [0.1, 0.15) is 168 Å². The first kappa shape index (κ1) is 48.3. The first-order valence-electron chi connectivity index (χ1n) is 20.8. The maximum Gasteiger partial charge on any atom is 0.306 e. The van der Waals surface area contributed by atoms with E-state index >= 15 is 0 Å². The van der Waals surface area contributed by atoms with Crippen molar-refractivity contribution < 1.29 is 19.4 Å². The Bertz CT molecular complexity index is 965. The van der Waals surface area contributed by atoms with Crippen LogP contribution in [0.2, 0.25) is 0 Å². The zero-order valence-electron chi connectivity index (χ0n) is 33.1. The second-order valence-electron chi connectivity index (χ2n) is 13.3. The van der Waals surface area contributed by atoms with Crippen molar-refractivity contribution in [3.63, 3.8) is 0 Å². The summed E-state index contributed by atoms with van der Waals surface area (Å²) in [5, 5.41) is 9.59. The minimum atomic E-state index is -0.559. The van der Waals surface area contributed by atoms with Crippen LogP contribution in [0.3, 0.4) is 0 Å². The van der Waals surface area contributed by atoms with Gasteiger partial charge in [0.2, 0.25) is 0 Å². The van der Waals surface area contributed by atoms with Gasteiger partial charge in [-0.2, -0.15) is 0 Å². The monoisotopic (exact) mass is 707 g/mol. The van der Waals surface area contributed by atoms with Crippen LogP contribution in [0.15, 0.2) is 97.2 Å². The maximum absolute atomic E-state index is 12.2. The van der Waals surface area contributed by atoms with Crippen LogP contribution in [0.5, 0.6) is 0 Å². The molecule has 51 heavy (non-hydrogen) atoms. The zero-order valence-corrected chi connectivity index (χ0v) is 33.1. The van der Waals surface area contributed by atoms with E-state index < -0.39 is 6.10 Å². The Morgan fingerprint density at radius 1 is 0.471 bits per heavy atom. The molecule has 0 saturated carbocycles. The Morgan fingerprint density at radius 3 is 1.24 bits per heavy atom. The number of allylic oxidation sites excluding steroid dienone is 16. The highest BCUT2D eigenvalue weighted by Crippen LogP contribution is 2.13. The Morgan fingerprint density at radius 2 is 0.824 bits per heavy atom. The normalized spacial score (nSPS) is 13.4. The van der Waals surface area contributed by atoms with E-state index in [0.29, 0.717) is 13.0 Å². The van der Waals surface area contributed by atoms with Crippen molar-refractivity contribution >= 4 is 5.97 Å². The quantitative estimate of drug-likeness (QED) is 0.0397. The summed E-state index contributed by atoms with van der Waals surface area (Å²) in [5.74, 6) is -0.221. The number of ether oxygens (including phenoxy) is 2. The van der Waals surface area contributed by atoms with Crippen molar-refractivity contribution in [2.75, 3.05) is 19.8 Å². The fourth-order valence-electron chi connectivity index (χ4n) is 5.37. The molecule has 290 valence electrons. The number of esters is 1. The van der Waals surface area contributed by atoms with Crippen LogP contribution in [-0.4, -0.2) is 37.0 Å². The molecule has 0 fully saturated rings. The number of aliphatic hydroxyl groups is 1. The van der Waals surface area contributed by atoms with Gasteiger partial charge in [0.1, 0.15) is 6.10 Å². The fraction of sp³-hybridized carbons (Fsp3) is 0.638. The summed E-state index contributed by atoms with van der Waals surface area (Å²) in [6, 6.07) is 0. The third kappa shape index (κ3) is 41.6. The van der Waals surface area contributed by atoms with Crippen LogP contribution in [0.25, 0.3) is 0 Å². The van der Waals surface area contributed by atoms with E-state index in [2.05, 4.69) is 111 Å². The second kappa shape index (κ2) is 43.5. The van der Waals surface area contributed by atoms with E-state index in [4.69, 9.17) is 9.47 Å². The number of aliphatic hydroxyl groups excluding tert-OH is 1. The molecule has 4 nitrogen and oxygen atoms in total. The van der Waals surface area contributed by atoms with Crippen molar-refractivity contribution in [3.05, 3.63) is 97.2 Å². The Labute approximate surface area is 315 Å². The predicted molar refractivity (Wildman–Crippen MR) is 223 cm³/mol. The number of hydrogen-bond acceptors (Lipinski definition) is 4. The van der Waals surface area contributed by atoms with Gasteiger partial charge in [-0.3, -0.25) is 4.79 Å². The molecule has 0 aliphatic heterocycles. The molecule has 0 amide bonds. The number of unbranched alkanes of at least 4 members (excludes halogenated alkanes) is 13. The van der Waals surface area contributed by atoms with Crippen LogP contribution in [-0.2, 0) is 14.3 Å². The molecular formula is C47H78O4. The Balaban J connectivity index is 3.53. The Kier molecular flexibility index (Phi) is 41.2. The highest BCUT2D eigenvalue weighted by Gasteiger charge is 2.13. The maximum atomic E-state index is 12.2. The lowest BCUT2D eigenvalue weighted by molar-refractivity contribution is -0.154. The first-order valence-corrected chi connectivity index (χ1v) is 20.8. The molecule has 0 spiro atoms. The van der Waals surface area contributed by atoms with Crippen LogP contribution in [0, 0.1) is 0 Å². The topological polar surface area (TPSA) is 55.8 Å². The molecule has 0 rings (SSSR count). The van der Waals surface area contributed by atoms with E-state index in [9.17, 15) is 9.90 Å². The van der Waals surface area contributed by atoms with Crippen molar-refractivity contribution in [3.8, 4) is 0 Å².